The van der Waals surface area contributed by atoms with Gasteiger partial charge in [-0.05, 0) is 36.1 Å². The van der Waals surface area contributed by atoms with E-state index in [1.807, 2.05) is 24.3 Å². The maximum Gasteiger partial charge on any atom is 0.254 e. The lowest BCUT2D eigenvalue weighted by atomic mass is 9.96. The van der Waals surface area contributed by atoms with Crippen LogP contribution in [0.2, 0.25) is 0 Å². The molecule has 0 unspecified atom stereocenters. The molecular formula is C17H16FNO2. The maximum absolute atomic E-state index is 13.6. The highest BCUT2D eigenvalue weighted by Gasteiger charge is 2.36. The van der Waals surface area contributed by atoms with Crippen LogP contribution in [0.15, 0.2) is 48.5 Å². The Balaban J connectivity index is 1.74. The molecular weight excluding hydrogens is 269 g/mol. The van der Waals surface area contributed by atoms with Crippen molar-refractivity contribution in [1.82, 2.24) is 5.32 Å². The van der Waals surface area contributed by atoms with Gasteiger partial charge in [0, 0.05) is 0 Å². The summed E-state index contributed by atoms with van der Waals surface area (Å²) in [6.45, 7) is 0.0805. The Morgan fingerprint density at radius 1 is 1.19 bits per heavy atom. The summed E-state index contributed by atoms with van der Waals surface area (Å²) in [6.07, 6.45) is 1.34. The van der Waals surface area contributed by atoms with Crippen LogP contribution in [0.25, 0.3) is 0 Å². The van der Waals surface area contributed by atoms with Crippen LogP contribution in [0.4, 0.5) is 4.39 Å². The molecule has 0 aromatic heterocycles. The van der Waals surface area contributed by atoms with Crippen LogP contribution in [0.1, 0.15) is 27.9 Å². The summed E-state index contributed by atoms with van der Waals surface area (Å²) in [4.78, 5) is 12.0. The summed E-state index contributed by atoms with van der Waals surface area (Å²) >= 11 is 0. The van der Waals surface area contributed by atoms with Crippen molar-refractivity contribution in [3.63, 3.8) is 0 Å². The number of amides is 1. The molecule has 0 heterocycles. The first-order valence-electron chi connectivity index (χ1n) is 6.94. The van der Waals surface area contributed by atoms with E-state index in [0.29, 0.717) is 6.42 Å². The van der Waals surface area contributed by atoms with Gasteiger partial charge in [0.2, 0.25) is 0 Å². The SMILES string of the molecule is O=C(NC[C@@]1(O)CCc2ccccc21)c1ccccc1F. The Bertz CT molecular complexity index is 686. The van der Waals surface area contributed by atoms with Gasteiger partial charge in [-0.1, -0.05) is 36.4 Å². The van der Waals surface area contributed by atoms with Crippen molar-refractivity contribution in [2.75, 3.05) is 6.54 Å². The molecule has 0 saturated heterocycles. The largest absolute Gasteiger partial charge is 0.383 e. The van der Waals surface area contributed by atoms with Crippen molar-refractivity contribution in [3.8, 4) is 0 Å². The minimum absolute atomic E-state index is 0.00705. The highest BCUT2D eigenvalue weighted by atomic mass is 19.1. The zero-order chi connectivity index (χ0) is 14.9. The highest BCUT2D eigenvalue weighted by Crippen LogP contribution is 2.36. The Morgan fingerprint density at radius 3 is 2.71 bits per heavy atom. The smallest absolute Gasteiger partial charge is 0.254 e. The van der Waals surface area contributed by atoms with E-state index in [1.54, 1.807) is 6.07 Å². The number of nitrogens with one attached hydrogen (secondary N) is 1. The molecule has 0 fully saturated rings. The summed E-state index contributed by atoms with van der Waals surface area (Å²) in [6, 6.07) is 13.5. The number of carbonyl (C=O) groups excluding carboxylic acids is 1. The number of fused-ring (bicyclic) bond motifs is 1. The van der Waals surface area contributed by atoms with Crippen molar-refractivity contribution in [1.29, 1.82) is 0 Å². The normalized spacial score (nSPS) is 20.1. The molecule has 2 N–H and O–H groups in total. The van der Waals surface area contributed by atoms with E-state index in [0.717, 1.165) is 17.5 Å². The number of hydrogen-bond acceptors (Lipinski definition) is 2. The monoisotopic (exact) mass is 285 g/mol. The molecule has 21 heavy (non-hydrogen) atoms. The number of carbonyl (C=O) groups is 1. The van der Waals surface area contributed by atoms with Gasteiger partial charge in [-0.15, -0.1) is 0 Å². The lowest BCUT2D eigenvalue weighted by Gasteiger charge is -2.24. The third-order valence-corrected chi connectivity index (χ3v) is 3.99. The second-order valence-corrected chi connectivity index (χ2v) is 5.35. The van der Waals surface area contributed by atoms with E-state index in [-0.39, 0.29) is 12.1 Å². The molecule has 0 radical (unpaired) electrons. The Kier molecular flexibility index (Phi) is 3.47. The van der Waals surface area contributed by atoms with E-state index >= 15 is 0 Å². The molecule has 3 nitrogen and oxygen atoms in total. The lowest BCUT2D eigenvalue weighted by Crippen LogP contribution is -2.39. The van der Waals surface area contributed by atoms with E-state index in [1.165, 1.54) is 18.2 Å². The van der Waals surface area contributed by atoms with Gasteiger partial charge in [0.15, 0.2) is 0 Å². The van der Waals surface area contributed by atoms with Gasteiger partial charge in [0.1, 0.15) is 11.4 Å². The number of hydrogen-bond donors (Lipinski definition) is 2. The van der Waals surface area contributed by atoms with Crippen LogP contribution < -0.4 is 5.32 Å². The molecule has 2 aromatic carbocycles. The minimum atomic E-state index is -1.07. The fourth-order valence-electron chi connectivity index (χ4n) is 2.82. The van der Waals surface area contributed by atoms with Gasteiger partial charge < -0.3 is 10.4 Å². The van der Waals surface area contributed by atoms with Gasteiger partial charge >= 0.3 is 0 Å². The number of benzene rings is 2. The fraction of sp³-hybridized carbons (Fsp3) is 0.235. The number of halogens is 1. The molecule has 3 rings (SSSR count). The predicted octanol–water partition coefficient (Wildman–Crippen LogP) is 2.39. The molecule has 1 aliphatic carbocycles. The van der Waals surface area contributed by atoms with Crippen molar-refractivity contribution in [2.45, 2.75) is 18.4 Å². The van der Waals surface area contributed by atoms with Crippen LogP contribution in [-0.4, -0.2) is 17.6 Å². The van der Waals surface area contributed by atoms with Crippen LogP contribution >= 0.6 is 0 Å². The summed E-state index contributed by atoms with van der Waals surface area (Å²) in [5.74, 6) is -1.07. The summed E-state index contributed by atoms with van der Waals surface area (Å²) in [5, 5.41) is 13.3. The van der Waals surface area contributed by atoms with Gasteiger partial charge in [-0.3, -0.25) is 4.79 Å². The van der Waals surface area contributed by atoms with Crippen LogP contribution in [0, 0.1) is 5.82 Å². The second kappa shape index (κ2) is 5.30. The molecule has 108 valence electrons. The third kappa shape index (κ3) is 2.54. The third-order valence-electron chi connectivity index (χ3n) is 3.99. The van der Waals surface area contributed by atoms with Crippen LogP contribution in [-0.2, 0) is 12.0 Å². The van der Waals surface area contributed by atoms with Crippen LogP contribution in [0.3, 0.4) is 0 Å². The van der Waals surface area contributed by atoms with Crippen molar-refractivity contribution in [3.05, 3.63) is 71.0 Å². The molecule has 0 spiro atoms. The van der Waals surface area contributed by atoms with Gasteiger partial charge in [0.05, 0.1) is 12.1 Å². The maximum atomic E-state index is 13.6. The Morgan fingerprint density at radius 2 is 1.90 bits per heavy atom. The van der Waals surface area contributed by atoms with E-state index in [2.05, 4.69) is 5.32 Å². The fourth-order valence-corrected chi connectivity index (χ4v) is 2.82. The molecule has 0 aliphatic heterocycles. The first-order chi connectivity index (χ1) is 10.1. The van der Waals surface area contributed by atoms with Gasteiger partial charge in [0.25, 0.3) is 5.91 Å². The van der Waals surface area contributed by atoms with Crippen molar-refractivity contribution >= 4 is 5.91 Å². The molecule has 1 aliphatic rings. The first kappa shape index (κ1) is 13.8. The lowest BCUT2D eigenvalue weighted by molar-refractivity contribution is 0.0369. The summed E-state index contributed by atoms with van der Waals surface area (Å²) in [5.41, 5.74) is 0.865. The van der Waals surface area contributed by atoms with Crippen molar-refractivity contribution < 1.29 is 14.3 Å². The first-order valence-corrected chi connectivity index (χ1v) is 6.94. The van der Waals surface area contributed by atoms with Crippen molar-refractivity contribution in [2.24, 2.45) is 0 Å². The topological polar surface area (TPSA) is 49.3 Å². The van der Waals surface area contributed by atoms with Gasteiger partial charge in [-0.2, -0.15) is 0 Å². The molecule has 2 aromatic rings. The van der Waals surface area contributed by atoms with Gasteiger partial charge in [-0.25, -0.2) is 4.39 Å². The minimum Gasteiger partial charge on any atom is -0.383 e. The predicted molar refractivity (Wildman–Crippen MR) is 77.4 cm³/mol. The molecule has 4 heteroatoms. The molecule has 1 atom stereocenters. The number of rotatable bonds is 3. The highest BCUT2D eigenvalue weighted by molar-refractivity contribution is 5.94. The van der Waals surface area contributed by atoms with E-state index in [9.17, 15) is 14.3 Å². The zero-order valence-electron chi connectivity index (χ0n) is 11.5. The van der Waals surface area contributed by atoms with Crippen LogP contribution in [0.5, 0.6) is 0 Å². The molecule has 1 amide bonds. The zero-order valence-corrected chi connectivity index (χ0v) is 11.5. The number of aryl methyl sites for hydroxylation is 1. The Hall–Kier alpha value is -2.20. The quantitative estimate of drug-likeness (QED) is 0.909. The second-order valence-electron chi connectivity index (χ2n) is 5.35. The standard InChI is InChI=1S/C17H16FNO2/c18-15-8-4-2-6-13(15)16(20)19-11-17(21)10-9-12-5-1-3-7-14(12)17/h1-8,21H,9-11H2,(H,19,20)/t17-/m0/s1. The molecule has 0 bridgehead atoms. The van der Waals surface area contributed by atoms with E-state index in [4.69, 9.17) is 0 Å². The van der Waals surface area contributed by atoms with E-state index < -0.39 is 17.3 Å². The average Bonchev–Trinajstić information content (AvgIpc) is 2.84. The summed E-state index contributed by atoms with van der Waals surface area (Å²) < 4.78 is 13.6. The summed E-state index contributed by atoms with van der Waals surface area (Å²) in [7, 11) is 0. The number of aliphatic hydroxyl groups is 1. The molecule has 0 saturated carbocycles. The average molecular weight is 285 g/mol. The Labute approximate surface area is 122 Å².